The van der Waals surface area contributed by atoms with E-state index in [1.807, 2.05) is 32.4 Å². The van der Waals surface area contributed by atoms with Gasteiger partial charge in [0.15, 0.2) is 5.76 Å². The summed E-state index contributed by atoms with van der Waals surface area (Å²) in [4.78, 5) is 14.9. The first-order valence-electron chi connectivity index (χ1n) is 8.63. The van der Waals surface area contributed by atoms with Gasteiger partial charge >= 0.3 is 6.03 Å². The summed E-state index contributed by atoms with van der Waals surface area (Å²) in [6, 6.07) is 5.95. The molecule has 1 aliphatic rings. The summed E-state index contributed by atoms with van der Waals surface area (Å²) in [6.07, 6.45) is 2.81. The van der Waals surface area contributed by atoms with Crippen molar-refractivity contribution < 1.29 is 14.3 Å². The van der Waals surface area contributed by atoms with Crippen molar-refractivity contribution in [2.24, 2.45) is 0 Å². The minimum Gasteiger partial charge on any atom is -0.428 e. The van der Waals surface area contributed by atoms with Crippen LogP contribution in [-0.4, -0.2) is 42.7 Å². The first kappa shape index (κ1) is 18.1. The van der Waals surface area contributed by atoms with Gasteiger partial charge in [0.1, 0.15) is 5.76 Å². The molecule has 0 atom stereocenters. The van der Waals surface area contributed by atoms with E-state index in [2.05, 4.69) is 29.8 Å². The molecule has 0 saturated heterocycles. The van der Waals surface area contributed by atoms with E-state index in [0.29, 0.717) is 11.5 Å². The number of carbonyl (C=O) groups is 1. The second-order valence-electron chi connectivity index (χ2n) is 6.81. The van der Waals surface area contributed by atoms with E-state index in [4.69, 9.17) is 9.47 Å². The Morgan fingerprint density at radius 1 is 1.27 bits per heavy atom. The Bertz CT molecular complexity index is 893. The smallest absolute Gasteiger partial charge is 0.326 e. The molecule has 26 heavy (non-hydrogen) atoms. The summed E-state index contributed by atoms with van der Waals surface area (Å²) in [5.74, 6) is 1.43. The number of rotatable bonds is 5. The van der Waals surface area contributed by atoms with Gasteiger partial charge < -0.3 is 19.7 Å². The zero-order chi connectivity index (χ0) is 18.8. The molecule has 1 amide bonds. The highest BCUT2D eigenvalue weighted by molar-refractivity contribution is 5.94. The van der Waals surface area contributed by atoms with Crippen LogP contribution in [0.15, 0.2) is 48.4 Å². The number of aryl methyl sites for hydroxylation is 1. The van der Waals surface area contributed by atoms with Gasteiger partial charge in [0.05, 0.1) is 12.1 Å². The molecule has 0 bridgehead atoms. The van der Waals surface area contributed by atoms with Crippen molar-refractivity contribution >= 4 is 16.9 Å². The lowest BCUT2D eigenvalue weighted by atomic mass is 10.1. The van der Waals surface area contributed by atoms with Gasteiger partial charge in [-0.1, -0.05) is 11.6 Å². The number of fused-ring (bicyclic) bond motifs is 1. The van der Waals surface area contributed by atoms with E-state index >= 15 is 0 Å². The third-order valence-electron chi connectivity index (χ3n) is 4.39. The molecule has 0 radical (unpaired) electrons. The van der Waals surface area contributed by atoms with Gasteiger partial charge in [-0.2, -0.15) is 0 Å². The molecule has 0 aliphatic carbocycles. The Balaban J connectivity index is 1.83. The predicted molar refractivity (Wildman–Crippen MR) is 102 cm³/mol. The van der Waals surface area contributed by atoms with Gasteiger partial charge in [-0.3, -0.25) is 4.57 Å². The van der Waals surface area contributed by atoms with Crippen molar-refractivity contribution in [3.63, 3.8) is 0 Å². The first-order chi connectivity index (χ1) is 12.3. The van der Waals surface area contributed by atoms with Gasteiger partial charge in [-0.25, -0.2) is 4.79 Å². The van der Waals surface area contributed by atoms with E-state index in [1.165, 1.54) is 5.56 Å². The zero-order valence-electron chi connectivity index (χ0n) is 15.8. The highest BCUT2D eigenvalue weighted by atomic mass is 16.7. The first-order valence-corrected chi connectivity index (χ1v) is 8.63. The minimum absolute atomic E-state index is 0.198. The number of benzene rings is 1. The summed E-state index contributed by atoms with van der Waals surface area (Å²) in [6.45, 7) is 8.64. The number of amides is 1. The van der Waals surface area contributed by atoms with Gasteiger partial charge in [0.25, 0.3) is 5.95 Å². The molecule has 6 heteroatoms. The molecular formula is C20H25N3O3. The molecule has 1 aliphatic heterocycles. The summed E-state index contributed by atoms with van der Waals surface area (Å²) >= 11 is 0. The Hall–Kier alpha value is -2.73. The summed E-state index contributed by atoms with van der Waals surface area (Å²) in [5, 5.41) is 4.00. The fraction of sp³-hybridized carbons (Fsp3) is 0.350. The number of allylic oxidation sites excluding steroid dienone is 1. The van der Waals surface area contributed by atoms with E-state index < -0.39 is 0 Å². The van der Waals surface area contributed by atoms with Crippen LogP contribution in [0.5, 0.6) is 0 Å². The molecule has 2 heterocycles. The minimum atomic E-state index is -0.198. The van der Waals surface area contributed by atoms with Crippen LogP contribution in [-0.2, 0) is 15.9 Å². The Kier molecular flexibility index (Phi) is 5.04. The van der Waals surface area contributed by atoms with E-state index in [9.17, 15) is 4.79 Å². The second kappa shape index (κ2) is 7.25. The van der Waals surface area contributed by atoms with E-state index in [0.717, 1.165) is 29.4 Å². The molecule has 138 valence electrons. The fourth-order valence-electron chi connectivity index (χ4n) is 2.98. The largest absolute Gasteiger partial charge is 0.428 e. The number of nitrogens with zero attached hydrogens (tertiary/aromatic N) is 2. The number of likely N-dealkylation sites (N-methyl/N-ethyl adjacent to an activating group) is 1. The van der Waals surface area contributed by atoms with Crippen LogP contribution in [0.1, 0.15) is 18.1 Å². The standard InChI is InChI=1S/C20H25N3O3/c1-13-6-7-18-17(10-13)16(8-9-22(4)5)12-23(18)20(24)21-11-19-14(2)25-15(3)26-19/h6-7,10,12H,3,8-9,11H2,1-2,4-5H3,(H,21,24). The lowest BCUT2D eigenvalue weighted by molar-refractivity contribution is 0.177. The molecule has 2 aromatic rings. The summed E-state index contributed by atoms with van der Waals surface area (Å²) < 4.78 is 12.3. The van der Waals surface area contributed by atoms with Crippen LogP contribution in [0, 0.1) is 6.92 Å². The van der Waals surface area contributed by atoms with Crippen LogP contribution >= 0.6 is 0 Å². The average Bonchev–Trinajstić information content (AvgIpc) is 3.09. The number of hydrogen-bond donors (Lipinski definition) is 1. The maximum atomic E-state index is 12.7. The second-order valence-corrected chi connectivity index (χ2v) is 6.81. The van der Waals surface area contributed by atoms with Gasteiger partial charge in [0, 0.05) is 18.1 Å². The normalized spacial score (nSPS) is 14.1. The zero-order valence-corrected chi connectivity index (χ0v) is 15.8. The molecule has 0 fully saturated rings. The van der Waals surface area contributed by atoms with Crippen LogP contribution in [0.2, 0.25) is 0 Å². The van der Waals surface area contributed by atoms with Crippen LogP contribution in [0.25, 0.3) is 10.9 Å². The maximum absolute atomic E-state index is 12.7. The van der Waals surface area contributed by atoms with E-state index in [-0.39, 0.29) is 18.5 Å². The number of nitrogens with one attached hydrogen (secondary N) is 1. The molecule has 1 aromatic carbocycles. The Labute approximate surface area is 153 Å². The molecular weight excluding hydrogens is 330 g/mol. The molecule has 0 spiro atoms. The number of hydrogen-bond acceptors (Lipinski definition) is 4. The average molecular weight is 355 g/mol. The van der Waals surface area contributed by atoms with Crippen molar-refractivity contribution in [3.05, 3.63) is 59.6 Å². The van der Waals surface area contributed by atoms with E-state index in [1.54, 1.807) is 11.5 Å². The van der Waals surface area contributed by atoms with Crippen molar-refractivity contribution in [2.45, 2.75) is 20.3 Å². The van der Waals surface area contributed by atoms with Crippen molar-refractivity contribution in [3.8, 4) is 0 Å². The molecule has 0 unspecified atom stereocenters. The summed E-state index contributed by atoms with van der Waals surface area (Å²) in [5.41, 5.74) is 3.25. The lowest BCUT2D eigenvalue weighted by Gasteiger charge is -2.08. The summed E-state index contributed by atoms with van der Waals surface area (Å²) in [7, 11) is 4.09. The lowest BCUT2D eigenvalue weighted by Crippen LogP contribution is -2.30. The van der Waals surface area contributed by atoms with Crippen LogP contribution in [0.3, 0.4) is 0 Å². The third-order valence-corrected chi connectivity index (χ3v) is 4.39. The van der Waals surface area contributed by atoms with Crippen molar-refractivity contribution in [1.82, 2.24) is 14.8 Å². The fourth-order valence-corrected chi connectivity index (χ4v) is 2.98. The molecule has 1 N–H and O–H groups in total. The topological polar surface area (TPSA) is 55.7 Å². The van der Waals surface area contributed by atoms with Crippen LogP contribution in [0.4, 0.5) is 4.79 Å². The van der Waals surface area contributed by atoms with Crippen molar-refractivity contribution in [2.75, 3.05) is 27.2 Å². The molecule has 3 rings (SSSR count). The number of carbonyl (C=O) groups excluding carboxylic acids is 1. The monoisotopic (exact) mass is 355 g/mol. The van der Waals surface area contributed by atoms with Crippen LogP contribution < -0.4 is 5.32 Å². The third kappa shape index (κ3) is 3.75. The quantitative estimate of drug-likeness (QED) is 0.894. The van der Waals surface area contributed by atoms with Gasteiger partial charge in [-0.15, -0.1) is 0 Å². The van der Waals surface area contributed by atoms with Gasteiger partial charge in [-0.05, 0) is 58.6 Å². The number of aromatic nitrogens is 1. The highest BCUT2D eigenvalue weighted by Gasteiger charge is 2.20. The number of ether oxygens (including phenoxy) is 2. The maximum Gasteiger partial charge on any atom is 0.326 e. The predicted octanol–water partition coefficient (Wildman–Crippen LogP) is 3.36. The molecule has 6 nitrogen and oxygen atoms in total. The highest BCUT2D eigenvalue weighted by Crippen LogP contribution is 2.24. The Morgan fingerprint density at radius 2 is 2.04 bits per heavy atom. The SMILES string of the molecule is C=C1OC(C)=C(CNC(=O)n2cc(CCN(C)C)c3cc(C)ccc32)O1. The Morgan fingerprint density at radius 3 is 2.69 bits per heavy atom. The molecule has 0 saturated carbocycles. The van der Waals surface area contributed by atoms with Crippen molar-refractivity contribution in [1.29, 1.82) is 0 Å². The van der Waals surface area contributed by atoms with Gasteiger partial charge in [0.2, 0.25) is 0 Å². The molecule has 1 aromatic heterocycles.